The predicted octanol–water partition coefficient (Wildman–Crippen LogP) is 9.63. The average Bonchev–Trinajstić information content (AvgIpc) is 0.754. The predicted molar refractivity (Wildman–Crippen MR) is 396 cm³/mol. The molecule has 54 heteroatoms. The summed E-state index contributed by atoms with van der Waals surface area (Å²) in [5.41, 5.74) is 10.7. The number of benzene rings is 8. The minimum Gasteiger partial charge on any atom is -0.505 e. The van der Waals surface area contributed by atoms with Crippen LogP contribution in [-0.2, 0) is 97.9 Å². The Morgan fingerprint density at radius 2 is 0.964 bits per heavy atom. The summed E-state index contributed by atoms with van der Waals surface area (Å²) in [7, 11) is -26.7. The lowest BCUT2D eigenvalue weighted by Gasteiger charge is -2.21. The number of aryl methyl sites for hydroxylation is 2. The number of anilines is 2. The lowest BCUT2D eigenvalue weighted by Crippen LogP contribution is -2.35. The van der Waals surface area contributed by atoms with Crippen molar-refractivity contribution >= 4 is 187 Å². The topological polar surface area (TPSA) is 696 Å². The number of hydrogen-bond donors (Lipinski definition) is 11. The number of aliphatic hydroxyl groups is 1. The maximum absolute atomic E-state index is 13.9. The highest BCUT2D eigenvalue weighted by Gasteiger charge is 2.29. The van der Waals surface area contributed by atoms with E-state index in [1.807, 2.05) is 12.2 Å². The van der Waals surface area contributed by atoms with Gasteiger partial charge in [0.25, 0.3) is 20.2 Å². The Hall–Kier alpha value is -9.34. The van der Waals surface area contributed by atoms with Gasteiger partial charge in [-0.25, -0.2) is 27.4 Å². The second-order valence-corrected chi connectivity index (χ2v) is 33.5. The number of hydrogen-bond acceptors (Lipinski definition) is 42. The van der Waals surface area contributed by atoms with Crippen LogP contribution < -0.4 is 20.9 Å². The van der Waals surface area contributed by atoms with E-state index in [9.17, 15) is 74.9 Å². The van der Waals surface area contributed by atoms with Gasteiger partial charge in [-0.05, 0) is 160 Å². The first-order chi connectivity index (χ1) is 51.8. The highest BCUT2D eigenvalue weighted by Crippen LogP contribution is 2.52. The second-order valence-electron chi connectivity index (χ2n) is 21.4. The molecule has 0 spiro atoms. The minimum absolute atomic E-state index is 0. The standard InChI is InChI=1S/C58H53N11O31S10.2H2O/c1-31-23-41(43(91-3)29-45(31)101-19-17-93-99-109(85,86)87)63-66-54-48(104-98-96-74)28-38-37(57(54)71)10-11-39(59)53(38)65-62-40-12-9-36(27-49(40)107(79,80)81)106(77,78)22-15-69(13-16-70)14-21-105(75,76)35-7-5-34(6-8-35)61-68-56-50(108(82,83)84)26-33-25-47(103-97-95-73)55(58(72)51(33)52(56)60)67-64-42-24-32(2)46(30-44(42)92-4)102-20-18-94-100-110(88,89)90;;/h5-12,23-30,70-74H,13-16,21-22,59-60H2,1-4H3,(H,79,80,81)(H,82,83,84)(H,85,86,87)(H,88,89,90);2*1H2. The summed E-state index contributed by atoms with van der Waals surface area (Å²) in [6.07, 6.45) is 3.81. The molecule has 0 heterocycles. The van der Waals surface area contributed by atoms with E-state index in [-0.39, 0.29) is 111 Å². The van der Waals surface area contributed by atoms with E-state index in [4.69, 9.17) is 40.6 Å². The first-order valence-electron chi connectivity index (χ1n) is 29.3. The molecule has 0 aliphatic heterocycles. The maximum atomic E-state index is 13.9. The van der Waals surface area contributed by atoms with Crippen molar-refractivity contribution in [3.8, 4) is 45.7 Å². The Kier molecular flexibility index (Phi) is 32.2. The number of methoxy groups -OCH3 is 2. The number of phenolic OH excluding ortho intramolecular Hbond substituents is 2. The van der Waals surface area contributed by atoms with E-state index in [0.717, 1.165) is 72.1 Å². The van der Waals surface area contributed by atoms with Crippen molar-refractivity contribution in [2.75, 3.05) is 63.4 Å². The number of azo groups is 4. The molecule has 0 amide bonds. The zero-order valence-corrected chi connectivity index (χ0v) is 64.9. The molecule has 0 aliphatic carbocycles. The number of rotatable bonds is 34. The number of fused-ring (bicyclic) bond motifs is 2. The third kappa shape index (κ3) is 24.1. The van der Waals surface area contributed by atoms with Gasteiger partial charge >= 0.3 is 20.8 Å². The van der Waals surface area contributed by atoms with Crippen LogP contribution in [-0.4, -0.2) is 162 Å². The molecule has 0 fully saturated rings. The SMILES string of the molecule is COc1cc(SC#COOS(=O)(=O)O)c(C)cc1N=Nc1c(SOOO)cc2c(N=Nc3ccc(S(=O)(=O)CCN(CCO)CCS(=O)(=O)c4ccc(N=Nc5c(S(=O)(=O)O)cc6cc(SOOO)c(N=Nc7cc(C)c(SC#COOS(=O)(=O)O)cc7OC)c(O)c6c5N)cc4)cc3S(=O)(=O)O)c(N)ccc2c1O.O.O. The van der Waals surface area contributed by atoms with Crippen molar-refractivity contribution < 1.29 is 152 Å². The van der Waals surface area contributed by atoms with E-state index >= 15 is 0 Å². The summed E-state index contributed by atoms with van der Waals surface area (Å²) in [6, 6.07) is 18.6. The lowest BCUT2D eigenvalue weighted by atomic mass is 10.1. The van der Waals surface area contributed by atoms with E-state index in [0.29, 0.717) is 39.0 Å². The molecule has 17 N–H and O–H groups in total. The molecule has 0 bridgehead atoms. The largest absolute Gasteiger partial charge is 0.505 e. The first-order valence-corrected chi connectivity index (χ1v) is 41.4. The number of nitrogens with zero attached hydrogens (tertiary/aromatic N) is 9. The van der Waals surface area contributed by atoms with Gasteiger partial charge in [0.15, 0.2) is 43.4 Å². The molecule has 8 rings (SSSR count). The summed E-state index contributed by atoms with van der Waals surface area (Å²) in [5.74, 6) is -2.73. The fraction of sp³-hybridized carbons (Fsp3) is 0.172. The zero-order chi connectivity index (χ0) is 80.7. The molecule has 112 heavy (non-hydrogen) atoms. The number of ether oxygens (including phenoxy) is 2. The summed E-state index contributed by atoms with van der Waals surface area (Å²) in [5, 5.41) is 95.8. The van der Waals surface area contributed by atoms with E-state index in [2.05, 4.69) is 88.6 Å². The van der Waals surface area contributed by atoms with Gasteiger partial charge in [-0.2, -0.15) is 38.8 Å². The van der Waals surface area contributed by atoms with Crippen LogP contribution in [0.3, 0.4) is 0 Å². The van der Waals surface area contributed by atoms with E-state index < -0.39 is 141 Å². The van der Waals surface area contributed by atoms with E-state index in [1.54, 1.807) is 13.8 Å². The van der Waals surface area contributed by atoms with Crippen molar-refractivity contribution in [2.24, 2.45) is 40.9 Å². The second kappa shape index (κ2) is 39.4. The van der Waals surface area contributed by atoms with E-state index in [1.165, 1.54) is 61.6 Å². The minimum atomic E-state index is -5.33. The summed E-state index contributed by atoms with van der Waals surface area (Å²) < 4.78 is 215. The molecule has 0 aliphatic rings. The van der Waals surface area contributed by atoms with Gasteiger partial charge < -0.3 is 47.2 Å². The summed E-state index contributed by atoms with van der Waals surface area (Å²) in [4.78, 5) is 7.06. The van der Waals surface area contributed by atoms with Crippen LogP contribution in [0.4, 0.5) is 56.9 Å². The van der Waals surface area contributed by atoms with Gasteiger partial charge in [0, 0.05) is 50.7 Å². The Morgan fingerprint density at radius 1 is 0.491 bits per heavy atom. The quantitative estimate of drug-likeness (QED) is 0.00261. The third-order valence-corrected chi connectivity index (χ3v) is 23.0. The molecule has 0 unspecified atom stereocenters. The molecule has 602 valence electrons. The molecule has 0 aromatic heterocycles. The number of nitrogens with two attached hydrogens (primary N) is 2. The Labute approximate surface area is 650 Å². The number of sulfone groups is 2. The van der Waals surface area contributed by atoms with Gasteiger partial charge in [0.1, 0.15) is 61.1 Å². The van der Waals surface area contributed by atoms with Crippen LogP contribution in [0.1, 0.15) is 11.1 Å². The molecule has 0 saturated carbocycles. The molecule has 44 nitrogen and oxygen atoms in total. The molecular formula is C58H57N11O33S10. The number of phenols is 2. The van der Waals surface area contributed by atoms with Gasteiger partial charge in [-0.1, -0.05) is 10.1 Å². The molecule has 8 aromatic rings. The van der Waals surface area contributed by atoms with Crippen molar-refractivity contribution in [1.29, 1.82) is 0 Å². The molecule has 0 atom stereocenters. The molecular weight excluding hydrogens is 1700 g/mol. The summed E-state index contributed by atoms with van der Waals surface area (Å²) in [6.45, 7) is 1.54. The number of thioether (sulfide) groups is 2. The van der Waals surface area contributed by atoms with Crippen molar-refractivity contribution in [2.45, 2.75) is 53.0 Å². The third-order valence-electron chi connectivity index (χ3n) is 14.4. The fourth-order valence-electron chi connectivity index (χ4n) is 9.41. The van der Waals surface area contributed by atoms with Crippen LogP contribution in [0.5, 0.6) is 23.0 Å². The van der Waals surface area contributed by atoms with Gasteiger partial charge in [0.05, 0.1) is 98.4 Å². The monoisotopic (exact) mass is 1760 g/mol. The highest BCUT2D eigenvalue weighted by molar-refractivity contribution is 8.04. The summed E-state index contributed by atoms with van der Waals surface area (Å²) >= 11 is 2.21. The Morgan fingerprint density at radius 3 is 1.46 bits per heavy atom. The van der Waals surface area contributed by atoms with Gasteiger partial charge in [0.2, 0.25) is 0 Å². The zero-order valence-electron chi connectivity index (χ0n) is 56.7. The number of aromatic hydroxyl groups is 2. The van der Waals surface area contributed by atoms with Crippen LogP contribution in [0, 0.1) is 36.6 Å². The Bertz CT molecular complexity index is 5870. The lowest BCUT2D eigenvalue weighted by molar-refractivity contribution is -0.432. The van der Waals surface area contributed by atoms with Crippen LogP contribution in [0.15, 0.2) is 177 Å². The van der Waals surface area contributed by atoms with Crippen LogP contribution in [0.25, 0.3) is 21.5 Å². The van der Waals surface area contributed by atoms with Crippen LogP contribution >= 0.6 is 47.6 Å². The maximum Gasteiger partial charge on any atom is 0.433 e. The number of aliphatic hydroxyl groups excluding tert-OH is 1. The molecule has 0 saturated heterocycles. The normalized spacial score (nSPS) is 12.3. The average molecular weight is 1760 g/mol. The van der Waals surface area contributed by atoms with Crippen molar-refractivity contribution in [1.82, 2.24) is 4.90 Å². The molecule has 8 aromatic carbocycles. The highest BCUT2D eigenvalue weighted by atomic mass is 32.3. The number of nitrogen functional groups attached to an aromatic ring is 2. The van der Waals surface area contributed by atoms with Crippen molar-refractivity contribution in [3.05, 3.63) is 108 Å². The van der Waals surface area contributed by atoms with Crippen molar-refractivity contribution in [3.63, 3.8) is 0 Å². The Balaban J connectivity index is 0.00000978. The first kappa shape index (κ1) is 91.5. The smallest absolute Gasteiger partial charge is 0.433 e. The van der Waals surface area contributed by atoms with Gasteiger partial charge in [-0.15, -0.1) is 44.5 Å². The molecule has 0 radical (unpaired) electrons. The fourth-order valence-corrected chi connectivity index (χ4v) is 15.8. The van der Waals surface area contributed by atoms with Gasteiger partial charge in [-0.3, -0.25) is 32.9 Å². The van der Waals surface area contributed by atoms with Crippen LogP contribution in [0.2, 0.25) is 0 Å².